The number of carbonyl (C=O) groups excluding carboxylic acids is 2. The molecule has 6 nitrogen and oxygen atoms in total. The molecule has 0 spiro atoms. The van der Waals surface area contributed by atoms with Gasteiger partial charge in [0.05, 0.1) is 0 Å². The van der Waals surface area contributed by atoms with Crippen molar-refractivity contribution in [2.45, 2.75) is 91.4 Å². The lowest BCUT2D eigenvalue weighted by Crippen LogP contribution is -2.16. The summed E-state index contributed by atoms with van der Waals surface area (Å²) in [6, 6.07) is 0. The fraction of sp³-hybridized carbons (Fsp3) is 0.913. The summed E-state index contributed by atoms with van der Waals surface area (Å²) in [6.07, 6.45) is 12.6. The highest BCUT2D eigenvalue weighted by atomic mass is 16.2. The van der Waals surface area contributed by atoms with Crippen molar-refractivity contribution < 1.29 is 9.59 Å². The zero-order valence-corrected chi connectivity index (χ0v) is 20.7. The Morgan fingerprint density at radius 1 is 0.966 bits per heavy atom. The number of hydrogen-bond donors (Lipinski definition) is 3. The summed E-state index contributed by atoms with van der Waals surface area (Å²) < 4.78 is 0. The molecule has 29 heavy (non-hydrogen) atoms. The van der Waals surface area contributed by atoms with Gasteiger partial charge in [-0.25, -0.2) is 0 Å². The van der Waals surface area contributed by atoms with Crippen LogP contribution in [0.15, 0.2) is 0 Å². The highest BCUT2D eigenvalue weighted by Crippen LogP contribution is 1.94. The molecule has 176 valence electrons. The van der Waals surface area contributed by atoms with Crippen molar-refractivity contribution in [1.29, 1.82) is 0 Å². The van der Waals surface area contributed by atoms with Gasteiger partial charge in [0.15, 0.2) is 0 Å². The van der Waals surface area contributed by atoms with Crippen LogP contribution < -0.4 is 16.0 Å². The second-order valence-electron chi connectivity index (χ2n) is 7.55. The van der Waals surface area contributed by atoms with E-state index in [4.69, 9.17) is 0 Å². The van der Waals surface area contributed by atoms with Gasteiger partial charge in [0, 0.05) is 26.4 Å². The van der Waals surface area contributed by atoms with E-state index >= 15 is 0 Å². The topological polar surface area (TPSA) is 73.5 Å². The Morgan fingerprint density at radius 3 is 1.90 bits per heavy atom. The summed E-state index contributed by atoms with van der Waals surface area (Å²) in [5.41, 5.74) is 0. The first kappa shape index (κ1) is 32.5. The van der Waals surface area contributed by atoms with Crippen molar-refractivity contribution in [1.82, 2.24) is 20.9 Å². The fourth-order valence-corrected chi connectivity index (χ4v) is 2.26. The van der Waals surface area contributed by atoms with Crippen molar-refractivity contribution in [3.8, 4) is 0 Å². The maximum absolute atomic E-state index is 10.5. The van der Waals surface area contributed by atoms with Gasteiger partial charge in [-0.05, 0) is 59.9 Å². The van der Waals surface area contributed by atoms with Crippen molar-refractivity contribution in [2.24, 2.45) is 0 Å². The van der Waals surface area contributed by atoms with Crippen molar-refractivity contribution in [3.05, 3.63) is 0 Å². The molecular weight excluding hydrogens is 364 g/mol. The maximum Gasteiger partial charge on any atom is 0.220 e. The fourth-order valence-electron chi connectivity index (χ4n) is 2.26. The number of carbonyl (C=O) groups is 2. The molecule has 1 aliphatic rings. The quantitative estimate of drug-likeness (QED) is 0.446. The lowest BCUT2D eigenvalue weighted by Gasteiger charge is -2.06. The van der Waals surface area contributed by atoms with Gasteiger partial charge in [-0.2, -0.15) is 0 Å². The van der Waals surface area contributed by atoms with E-state index in [-0.39, 0.29) is 11.8 Å². The average Bonchev–Trinajstić information content (AvgIpc) is 3.19. The molecule has 1 rings (SSSR count). The Morgan fingerprint density at radius 2 is 1.55 bits per heavy atom. The van der Waals surface area contributed by atoms with E-state index in [9.17, 15) is 9.59 Å². The summed E-state index contributed by atoms with van der Waals surface area (Å²) in [7, 11) is 7.90. The molecular formula is C23H52N4O2. The van der Waals surface area contributed by atoms with Gasteiger partial charge < -0.3 is 20.9 Å². The highest BCUT2D eigenvalue weighted by molar-refractivity contribution is 5.77. The molecule has 0 aliphatic carbocycles. The van der Waals surface area contributed by atoms with Crippen LogP contribution in [0.1, 0.15) is 91.4 Å². The van der Waals surface area contributed by atoms with E-state index < -0.39 is 0 Å². The predicted molar refractivity (Wildman–Crippen MR) is 127 cm³/mol. The Bertz CT molecular complexity index is 325. The third kappa shape index (κ3) is 38.1. The normalized spacial score (nSPS) is 11.9. The molecule has 0 atom stereocenters. The Balaban J connectivity index is -0.000000312. The number of hydrogen-bond acceptors (Lipinski definition) is 4. The molecule has 1 heterocycles. The smallest absolute Gasteiger partial charge is 0.220 e. The number of rotatable bonds is 11. The van der Waals surface area contributed by atoms with Crippen LogP contribution in [0, 0.1) is 0 Å². The molecule has 0 bridgehead atoms. The predicted octanol–water partition coefficient (Wildman–Crippen LogP) is 3.95. The van der Waals surface area contributed by atoms with Gasteiger partial charge in [0.25, 0.3) is 0 Å². The molecule has 0 aromatic heterocycles. The SMILES string of the molecule is CCCCC(=O)NC.CCCCCN(C)C.CCCCCNC.O=C1CCCN1. The van der Waals surface area contributed by atoms with Crippen LogP contribution >= 0.6 is 0 Å². The third-order valence-corrected chi connectivity index (χ3v) is 4.18. The van der Waals surface area contributed by atoms with Crippen LogP contribution in [0.5, 0.6) is 0 Å². The minimum Gasteiger partial charge on any atom is -0.359 e. The summed E-state index contributed by atoms with van der Waals surface area (Å²) in [5, 5.41) is 8.34. The zero-order chi connectivity index (χ0) is 22.8. The van der Waals surface area contributed by atoms with E-state index in [2.05, 4.69) is 55.7 Å². The van der Waals surface area contributed by atoms with Crippen LogP contribution in [0.25, 0.3) is 0 Å². The molecule has 0 aromatic carbocycles. The second kappa shape index (κ2) is 29.1. The number of nitrogens with zero attached hydrogens (tertiary/aromatic N) is 1. The van der Waals surface area contributed by atoms with Crippen molar-refractivity contribution >= 4 is 11.8 Å². The largest absolute Gasteiger partial charge is 0.359 e. The highest BCUT2D eigenvalue weighted by Gasteiger charge is 2.05. The van der Waals surface area contributed by atoms with E-state index in [0.717, 1.165) is 32.2 Å². The van der Waals surface area contributed by atoms with Crippen LogP contribution in [0.2, 0.25) is 0 Å². The Hall–Kier alpha value is -1.14. The van der Waals surface area contributed by atoms with Crippen LogP contribution in [0.4, 0.5) is 0 Å². The maximum atomic E-state index is 10.5. The van der Waals surface area contributed by atoms with E-state index in [1.165, 1.54) is 51.6 Å². The summed E-state index contributed by atoms with van der Waals surface area (Å²) in [6.45, 7) is 9.83. The van der Waals surface area contributed by atoms with Crippen molar-refractivity contribution in [2.75, 3.05) is 47.8 Å². The van der Waals surface area contributed by atoms with E-state index in [0.29, 0.717) is 6.42 Å². The molecule has 0 radical (unpaired) electrons. The van der Waals surface area contributed by atoms with E-state index in [1.807, 2.05) is 7.05 Å². The third-order valence-electron chi connectivity index (χ3n) is 4.18. The van der Waals surface area contributed by atoms with Gasteiger partial charge in [0.2, 0.25) is 11.8 Å². The Kier molecular flexibility index (Phi) is 32.6. The monoisotopic (exact) mass is 416 g/mol. The molecule has 1 saturated heterocycles. The number of amides is 2. The first-order chi connectivity index (χ1) is 13.9. The molecule has 0 unspecified atom stereocenters. The van der Waals surface area contributed by atoms with Gasteiger partial charge in [-0.3, -0.25) is 9.59 Å². The van der Waals surface area contributed by atoms with Gasteiger partial charge in [-0.1, -0.05) is 52.9 Å². The zero-order valence-electron chi connectivity index (χ0n) is 20.7. The first-order valence-corrected chi connectivity index (χ1v) is 11.7. The standard InChI is InChI=1S/C7H17N.C6H13NO.C6H15N.C4H7NO/c1-4-5-6-7-8(2)3;1-3-4-5-6(8)7-2;1-3-4-5-6-7-2;6-4-2-1-3-5-4/h4-7H2,1-3H3;3-5H2,1-2H3,(H,7,8);7H,3-6H2,1-2H3;1-3H2,(H,5,6). The van der Waals surface area contributed by atoms with Crippen molar-refractivity contribution in [3.63, 3.8) is 0 Å². The number of unbranched alkanes of at least 4 members (excludes halogenated alkanes) is 5. The van der Waals surface area contributed by atoms with Gasteiger partial charge in [0.1, 0.15) is 0 Å². The lowest BCUT2D eigenvalue weighted by molar-refractivity contribution is -0.121. The second-order valence-corrected chi connectivity index (χ2v) is 7.55. The summed E-state index contributed by atoms with van der Waals surface area (Å²) in [4.78, 5) is 22.8. The first-order valence-electron chi connectivity index (χ1n) is 11.7. The van der Waals surface area contributed by atoms with Crippen LogP contribution in [-0.4, -0.2) is 64.5 Å². The lowest BCUT2D eigenvalue weighted by atomic mass is 10.2. The van der Waals surface area contributed by atoms with Crippen LogP contribution in [-0.2, 0) is 9.59 Å². The minimum absolute atomic E-state index is 0.145. The summed E-state index contributed by atoms with van der Waals surface area (Å²) >= 11 is 0. The summed E-state index contributed by atoms with van der Waals surface area (Å²) in [5.74, 6) is 0.349. The molecule has 3 N–H and O–H groups in total. The molecule has 1 aliphatic heterocycles. The number of nitrogens with one attached hydrogen (secondary N) is 3. The Labute approximate surface area is 182 Å². The average molecular weight is 417 g/mol. The minimum atomic E-state index is 0.145. The molecule has 1 fully saturated rings. The molecule has 6 heteroatoms. The van der Waals surface area contributed by atoms with Gasteiger partial charge >= 0.3 is 0 Å². The molecule has 2 amide bonds. The van der Waals surface area contributed by atoms with Crippen LogP contribution in [0.3, 0.4) is 0 Å². The molecule has 0 saturated carbocycles. The van der Waals surface area contributed by atoms with E-state index in [1.54, 1.807) is 7.05 Å². The molecule has 0 aromatic rings. The van der Waals surface area contributed by atoms with Gasteiger partial charge in [-0.15, -0.1) is 0 Å².